The maximum absolute atomic E-state index is 14.7. The number of fused-ring (bicyclic) bond motifs is 6. The molecule has 3 aromatic rings. The molecule has 1 spiro atoms. The Balaban J connectivity index is 1.33. The van der Waals surface area contributed by atoms with Gasteiger partial charge >= 0.3 is 0 Å². The highest BCUT2D eigenvalue weighted by Gasteiger charge is 2.66. The van der Waals surface area contributed by atoms with Gasteiger partial charge in [-0.15, -0.1) is 0 Å². The highest BCUT2D eigenvalue weighted by molar-refractivity contribution is 6.78. The molecule has 3 fully saturated rings. The lowest BCUT2D eigenvalue weighted by molar-refractivity contribution is -0.143. The summed E-state index contributed by atoms with van der Waals surface area (Å²) in [6, 6.07) is 27.0. The van der Waals surface area contributed by atoms with Crippen LogP contribution < -0.4 is 9.16 Å². The van der Waals surface area contributed by atoms with Crippen molar-refractivity contribution in [2.75, 3.05) is 0 Å². The van der Waals surface area contributed by atoms with E-state index in [9.17, 15) is 9.59 Å². The summed E-state index contributed by atoms with van der Waals surface area (Å²) in [4.78, 5) is 30.7. The Kier molecular flexibility index (Phi) is 8.39. The molecule has 3 aromatic carbocycles. The predicted octanol–water partition coefficient (Wildman–Crippen LogP) is 9.63. The molecule has 47 heavy (non-hydrogen) atoms. The Labute approximate surface area is 282 Å². The monoisotopic (exact) mass is 649 g/mol. The molecule has 5 atom stereocenters. The molecular formula is C41H51NO4Si. The quantitative estimate of drug-likeness (QED) is 0.180. The molecule has 6 heteroatoms. The molecule has 248 valence electrons. The van der Waals surface area contributed by atoms with Gasteiger partial charge in [-0.05, 0) is 83.3 Å². The van der Waals surface area contributed by atoms with E-state index >= 15 is 0 Å². The average Bonchev–Trinajstić information content (AvgIpc) is 3.62. The van der Waals surface area contributed by atoms with E-state index in [-0.39, 0.29) is 35.5 Å². The summed E-state index contributed by atoms with van der Waals surface area (Å²) in [6.07, 6.45) is 4.82. The van der Waals surface area contributed by atoms with Crippen LogP contribution in [-0.2, 0) is 16.1 Å². The standard InChI is InChI=1S/C41H51NO4Si/c1-26(2)47(27(3)4,28(5)6)46-31-19-20-32-34-24-33(30-17-11-8-12-18-30)36-37(38(34)41(21-13-14-22-41)45-35(32)23-31)40(44)42(39(36)43)25-29-15-9-7-10-16-29/h7-12,15-20,23,26-28,33-34,36-38H,13-14,21-22,24-25H2,1-6H3/t33-,34+,36+,37+,38-/m1/s1. The average molecular weight is 650 g/mol. The maximum atomic E-state index is 14.7. The van der Waals surface area contributed by atoms with Crippen LogP contribution in [0.1, 0.15) is 102 Å². The van der Waals surface area contributed by atoms with Crippen LogP contribution in [0.5, 0.6) is 11.5 Å². The second-order valence-corrected chi connectivity index (χ2v) is 21.1. The third kappa shape index (κ3) is 5.17. The van der Waals surface area contributed by atoms with Crippen molar-refractivity contribution in [3.8, 4) is 11.5 Å². The zero-order valence-electron chi connectivity index (χ0n) is 28.9. The van der Waals surface area contributed by atoms with E-state index in [1.54, 1.807) is 4.90 Å². The minimum Gasteiger partial charge on any atom is -0.543 e. The molecule has 2 saturated carbocycles. The van der Waals surface area contributed by atoms with E-state index in [1.807, 2.05) is 36.4 Å². The number of carbonyl (C=O) groups is 2. The van der Waals surface area contributed by atoms with Gasteiger partial charge in [0.2, 0.25) is 11.8 Å². The summed E-state index contributed by atoms with van der Waals surface area (Å²) in [5, 5.41) is 0. The van der Waals surface area contributed by atoms with Gasteiger partial charge in [0, 0.05) is 12.0 Å². The summed E-state index contributed by atoms with van der Waals surface area (Å²) >= 11 is 0. The molecule has 2 aliphatic carbocycles. The molecule has 2 amide bonds. The Morgan fingerprint density at radius 3 is 2.00 bits per heavy atom. The van der Waals surface area contributed by atoms with Gasteiger partial charge in [-0.1, -0.05) is 108 Å². The molecule has 0 unspecified atom stereocenters. The van der Waals surface area contributed by atoms with Gasteiger partial charge in [0.15, 0.2) is 0 Å². The molecule has 0 radical (unpaired) electrons. The number of ether oxygens (including phenoxy) is 1. The molecule has 0 aromatic heterocycles. The lowest BCUT2D eigenvalue weighted by Gasteiger charge is -2.54. The molecule has 7 rings (SSSR count). The van der Waals surface area contributed by atoms with E-state index in [1.165, 1.54) is 5.56 Å². The maximum Gasteiger partial charge on any atom is 0.258 e. The summed E-state index contributed by atoms with van der Waals surface area (Å²) in [5.41, 5.74) is 4.26. The second kappa shape index (κ2) is 12.3. The third-order valence-corrected chi connectivity index (χ3v) is 18.4. The topological polar surface area (TPSA) is 55.8 Å². The number of carbonyl (C=O) groups excluding carboxylic acids is 2. The van der Waals surface area contributed by atoms with Crippen molar-refractivity contribution in [2.24, 2.45) is 17.8 Å². The Morgan fingerprint density at radius 2 is 1.38 bits per heavy atom. The Morgan fingerprint density at radius 1 is 0.787 bits per heavy atom. The van der Waals surface area contributed by atoms with Crippen LogP contribution in [0, 0.1) is 17.8 Å². The minimum absolute atomic E-state index is 0.0145. The molecule has 4 aliphatic rings. The molecule has 0 bridgehead atoms. The van der Waals surface area contributed by atoms with Crippen molar-refractivity contribution < 1.29 is 18.8 Å². The van der Waals surface area contributed by atoms with E-state index in [0.29, 0.717) is 23.2 Å². The van der Waals surface area contributed by atoms with Crippen LogP contribution in [0.4, 0.5) is 0 Å². The first-order chi connectivity index (χ1) is 22.6. The number of amides is 2. The molecular weight excluding hydrogens is 599 g/mol. The summed E-state index contributed by atoms with van der Waals surface area (Å²) in [5.74, 6) is 1.06. The van der Waals surface area contributed by atoms with Crippen molar-refractivity contribution in [2.45, 2.75) is 114 Å². The number of imide groups is 1. The minimum atomic E-state index is -2.16. The van der Waals surface area contributed by atoms with Gasteiger partial charge < -0.3 is 9.16 Å². The SMILES string of the molecule is CC(C)[Si](Oc1ccc2c(c1)OC1(CCCC1)[C@H]1[C@H]3C(=O)N(Cc4ccccc4)C(=O)[C@H]3[C@@H](c3ccccc3)C[C@@H]21)(C(C)C)C(C)C. The van der Waals surface area contributed by atoms with Crippen molar-refractivity contribution in [1.82, 2.24) is 4.90 Å². The highest BCUT2D eigenvalue weighted by Crippen LogP contribution is 2.64. The number of benzene rings is 3. The van der Waals surface area contributed by atoms with Crippen LogP contribution in [0.2, 0.25) is 16.6 Å². The first kappa shape index (κ1) is 32.2. The van der Waals surface area contributed by atoms with Crippen LogP contribution in [0.25, 0.3) is 0 Å². The van der Waals surface area contributed by atoms with Crippen LogP contribution in [0.15, 0.2) is 78.9 Å². The molecule has 2 aliphatic heterocycles. The zero-order chi connectivity index (χ0) is 33.1. The fourth-order valence-electron chi connectivity index (χ4n) is 10.6. The first-order valence-corrected chi connectivity index (χ1v) is 20.2. The Hall–Kier alpha value is -3.38. The zero-order valence-corrected chi connectivity index (χ0v) is 29.9. The molecule has 0 N–H and O–H groups in total. The summed E-state index contributed by atoms with van der Waals surface area (Å²) in [7, 11) is -2.16. The predicted molar refractivity (Wildman–Crippen MR) is 189 cm³/mol. The van der Waals surface area contributed by atoms with E-state index < -0.39 is 19.8 Å². The number of hydrogen-bond donors (Lipinski definition) is 0. The first-order valence-electron chi connectivity index (χ1n) is 18.0. The van der Waals surface area contributed by atoms with Crippen LogP contribution in [0.3, 0.4) is 0 Å². The van der Waals surface area contributed by atoms with Gasteiger partial charge in [0.05, 0.1) is 18.4 Å². The van der Waals surface area contributed by atoms with Crippen molar-refractivity contribution >= 4 is 20.1 Å². The van der Waals surface area contributed by atoms with E-state index in [2.05, 4.69) is 84.0 Å². The number of rotatable bonds is 8. The van der Waals surface area contributed by atoms with Gasteiger partial charge in [-0.2, -0.15) is 0 Å². The fourth-order valence-corrected chi connectivity index (χ4v) is 15.8. The summed E-state index contributed by atoms with van der Waals surface area (Å²) in [6.45, 7) is 14.3. The number of hydrogen-bond acceptors (Lipinski definition) is 4. The van der Waals surface area contributed by atoms with Gasteiger partial charge in [0.25, 0.3) is 8.32 Å². The normalized spacial score (nSPS) is 26.5. The third-order valence-electron chi connectivity index (χ3n) is 12.4. The smallest absolute Gasteiger partial charge is 0.258 e. The largest absolute Gasteiger partial charge is 0.543 e. The van der Waals surface area contributed by atoms with Gasteiger partial charge in [0.1, 0.15) is 17.1 Å². The van der Waals surface area contributed by atoms with Crippen molar-refractivity contribution in [3.63, 3.8) is 0 Å². The van der Waals surface area contributed by atoms with Crippen molar-refractivity contribution in [3.05, 3.63) is 95.6 Å². The lowest BCUT2D eigenvalue weighted by atomic mass is 9.54. The Bertz CT molecular complexity index is 1590. The van der Waals surface area contributed by atoms with Gasteiger partial charge in [-0.3, -0.25) is 14.5 Å². The number of nitrogens with zero attached hydrogens (tertiary/aromatic N) is 1. The molecule has 1 saturated heterocycles. The van der Waals surface area contributed by atoms with Gasteiger partial charge in [-0.25, -0.2) is 0 Å². The lowest BCUT2D eigenvalue weighted by Crippen LogP contribution is -2.56. The second-order valence-electron chi connectivity index (χ2n) is 15.7. The van der Waals surface area contributed by atoms with E-state index in [0.717, 1.165) is 54.7 Å². The van der Waals surface area contributed by atoms with Crippen LogP contribution >= 0.6 is 0 Å². The molecule has 2 heterocycles. The molecule has 5 nitrogen and oxygen atoms in total. The number of likely N-dealkylation sites (tertiary alicyclic amines) is 1. The van der Waals surface area contributed by atoms with Crippen LogP contribution in [-0.4, -0.2) is 30.6 Å². The van der Waals surface area contributed by atoms with E-state index in [4.69, 9.17) is 9.16 Å². The van der Waals surface area contributed by atoms with Crippen molar-refractivity contribution in [1.29, 1.82) is 0 Å². The highest BCUT2D eigenvalue weighted by atomic mass is 28.4. The summed E-state index contributed by atoms with van der Waals surface area (Å²) < 4.78 is 14.4. The fraction of sp³-hybridized carbons (Fsp3) is 0.512.